The van der Waals surface area contributed by atoms with Gasteiger partial charge in [0.1, 0.15) is 18.5 Å². The maximum atomic E-state index is 13.5. The summed E-state index contributed by atoms with van der Waals surface area (Å²) in [5.41, 5.74) is 5.06. The number of hydroxylamine groups is 1. The van der Waals surface area contributed by atoms with Crippen LogP contribution in [0.5, 0.6) is 0 Å². The zero-order chi connectivity index (χ0) is 20.6. The van der Waals surface area contributed by atoms with Gasteiger partial charge in [0.15, 0.2) is 0 Å². The lowest BCUT2D eigenvalue weighted by atomic mass is 10.1. The molecule has 2 N–H and O–H groups in total. The normalized spacial score (nSPS) is 10.2. The molecule has 0 unspecified atom stereocenters. The Morgan fingerprint density at radius 1 is 1.10 bits per heavy atom. The fourth-order valence-corrected chi connectivity index (χ4v) is 3.05. The topological polar surface area (TPSA) is 74.2 Å². The lowest BCUT2D eigenvalue weighted by Gasteiger charge is -2.13. The van der Waals surface area contributed by atoms with E-state index in [0.717, 1.165) is 15.6 Å². The Hall–Kier alpha value is -3.21. The van der Waals surface area contributed by atoms with Crippen LogP contribution < -0.4 is 10.8 Å². The fraction of sp³-hybridized carbons (Fsp3) is 0.0909. The van der Waals surface area contributed by atoms with Crippen LogP contribution in [0, 0.1) is 17.1 Å². The zero-order valence-corrected chi connectivity index (χ0v) is 16.9. The van der Waals surface area contributed by atoms with Crippen molar-refractivity contribution in [3.63, 3.8) is 0 Å². The first-order valence-electron chi connectivity index (χ1n) is 8.75. The number of carbonyl (C=O) groups excluding carboxylic acids is 1. The molecule has 146 valence electrons. The summed E-state index contributed by atoms with van der Waals surface area (Å²) in [5, 5.41) is 12.1. The van der Waals surface area contributed by atoms with Crippen LogP contribution in [-0.4, -0.2) is 5.91 Å². The van der Waals surface area contributed by atoms with Gasteiger partial charge in [-0.1, -0.05) is 52.3 Å². The van der Waals surface area contributed by atoms with Gasteiger partial charge < -0.3 is 5.32 Å². The molecule has 0 saturated heterocycles. The number of hydrogen-bond donors (Lipinski definition) is 2. The first-order valence-corrected chi connectivity index (χ1v) is 9.54. The molecule has 0 fully saturated rings. The summed E-state index contributed by atoms with van der Waals surface area (Å²) in [5.74, 6) is -0.949. The molecule has 5 nitrogen and oxygen atoms in total. The number of hydrogen-bond acceptors (Lipinski definition) is 4. The van der Waals surface area contributed by atoms with Gasteiger partial charge in [0, 0.05) is 16.7 Å². The Morgan fingerprint density at radius 3 is 2.66 bits per heavy atom. The molecule has 0 bridgehead atoms. The van der Waals surface area contributed by atoms with Crippen LogP contribution in [0.2, 0.25) is 0 Å². The van der Waals surface area contributed by atoms with Gasteiger partial charge in [-0.3, -0.25) is 9.63 Å². The van der Waals surface area contributed by atoms with Crippen molar-refractivity contribution in [2.75, 3.05) is 5.32 Å². The maximum absolute atomic E-state index is 13.5. The van der Waals surface area contributed by atoms with E-state index in [9.17, 15) is 9.18 Å². The molecule has 1 amide bonds. The van der Waals surface area contributed by atoms with Gasteiger partial charge in [-0.05, 0) is 41.5 Å². The number of rotatable bonds is 7. The van der Waals surface area contributed by atoms with Crippen LogP contribution in [0.1, 0.15) is 27.0 Å². The van der Waals surface area contributed by atoms with Crippen LogP contribution in [0.25, 0.3) is 0 Å². The number of nitrogens with one attached hydrogen (secondary N) is 2. The highest BCUT2D eigenvalue weighted by Crippen LogP contribution is 2.19. The largest absolute Gasteiger partial charge is 0.380 e. The number of amides is 1. The number of halogens is 2. The molecule has 0 heterocycles. The molecule has 0 atom stereocenters. The number of carbonyl (C=O) groups is 1. The predicted molar refractivity (Wildman–Crippen MR) is 111 cm³/mol. The van der Waals surface area contributed by atoms with Gasteiger partial charge in [0.25, 0.3) is 5.91 Å². The standard InChI is InChI=1S/C22H17BrFN3O2/c23-19-7-3-1-5-16(19)14-29-27-22(28)18-6-2-4-8-21(18)26-13-15-9-10-20(24)17(11-15)12-25/h1-11,26H,13-14H2,(H,27,28). The van der Waals surface area contributed by atoms with Crippen molar-refractivity contribution >= 4 is 27.5 Å². The maximum Gasteiger partial charge on any atom is 0.276 e. The van der Waals surface area contributed by atoms with Gasteiger partial charge >= 0.3 is 0 Å². The average molecular weight is 454 g/mol. The van der Waals surface area contributed by atoms with E-state index in [-0.39, 0.29) is 12.2 Å². The third-order valence-electron chi connectivity index (χ3n) is 4.16. The van der Waals surface area contributed by atoms with E-state index in [0.29, 0.717) is 17.8 Å². The Kier molecular flexibility index (Phi) is 6.95. The van der Waals surface area contributed by atoms with Crippen molar-refractivity contribution < 1.29 is 14.0 Å². The van der Waals surface area contributed by atoms with E-state index in [2.05, 4.69) is 26.7 Å². The summed E-state index contributed by atoms with van der Waals surface area (Å²) in [4.78, 5) is 17.9. The average Bonchev–Trinajstić information content (AvgIpc) is 2.74. The van der Waals surface area contributed by atoms with Gasteiger partial charge in [0.2, 0.25) is 0 Å². The Labute approximate surface area is 176 Å². The number of benzene rings is 3. The summed E-state index contributed by atoms with van der Waals surface area (Å²) < 4.78 is 14.4. The molecular weight excluding hydrogens is 437 g/mol. The minimum absolute atomic E-state index is 0.0178. The van der Waals surface area contributed by atoms with Crippen LogP contribution in [0.3, 0.4) is 0 Å². The monoisotopic (exact) mass is 453 g/mol. The van der Waals surface area contributed by atoms with Gasteiger partial charge in [0.05, 0.1) is 11.1 Å². The number of para-hydroxylation sites is 1. The molecule has 3 aromatic rings. The highest BCUT2D eigenvalue weighted by atomic mass is 79.9. The molecule has 7 heteroatoms. The number of nitrogens with zero attached hydrogens (tertiary/aromatic N) is 1. The first kappa shape index (κ1) is 20.5. The Morgan fingerprint density at radius 2 is 1.86 bits per heavy atom. The smallest absolute Gasteiger partial charge is 0.276 e. The van der Waals surface area contributed by atoms with Crippen LogP contribution in [0.15, 0.2) is 71.2 Å². The predicted octanol–water partition coefficient (Wildman–Crippen LogP) is 4.93. The first-order chi connectivity index (χ1) is 14.1. The van der Waals surface area contributed by atoms with E-state index in [1.807, 2.05) is 30.3 Å². The Bertz CT molecular complexity index is 1070. The molecule has 3 rings (SSSR count). The SMILES string of the molecule is N#Cc1cc(CNc2ccccc2C(=O)NOCc2ccccc2Br)ccc1F. The highest BCUT2D eigenvalue weighted by Gasteiger charge is 2.12. The van der Waals surface area contributed by atoms with E-state index in [1.165, 1.54) is 12.1 Å². The van der Waals surface area contributed by atoms with E-state index in [1.54, 1.807) is 30.3 Å². The summed E-state index contributed by atoms with van der Waals surface area (Å²) in [6.45, 7) is 0.548. The van der Waals surface area contributed by atoms with Gasteiger partial charge in [-0.15, -0.1) is 0 Å². The summed E-state index contributed by atoms with van der Waals surface area (Å²) in [6.07, 6.45) is 0. The van der Waals surface area contributed by atoms with Crippen molar-refractivity contribution in [2.24, 2.45) is 0 Å². The molecule has 29 heavy (non-hydrogen) atoms. The van der Waals surface area contributed by atoms with Crippen LogP contribution in [0.4, 0.5) is 10.1 Å². The van der Waals surface area contributed by atoms with E-state index >= 15 is 0 Å². The number of nitriles is 1. The second-order valence-corrected chi connectivity index (χ2v) is 6.99. The molecule has 0 aliphatic rings. The van der Waals surface area contributed by atoms with Crippen LogP contribution in [-0.2, 0) is 18.0 Å². The van der Waals surface area contributed by atoms with Crippen molar-refractivity contribution in [3.8, 4) is 6.07 Å². The summed E-state index contributed by atoms with van der Waals surface area (Å²) in [7, 11) is 0. The minimum atomic E-state index is -0.557. The van der Waals surface area contributed by atoms with E-state index < -0.39 is 11.7 Å². The quantitative estimate of drug-likeness (QED) is 0.497. The van der Waals surface area contributed by atoms with Crippen molar-refractivity contribution in [2.45, 2.75) is 13.2 Å². The lowest BCUT2D eigenvalue weighted by Crippen LogP contribution is -2.24. The number of anilines is 1. The van der Waals surface area contributed by atoms with Gasteiger partial charge in [-0.2, -0.15) is 5.26 Å². The highest BCUT2D eigenvalue weighted by molar-refractivity contribution is 9.10. The molecule has 0 aromatic heterocycles. The van der Waals surface area contributed by atoms with Crippen molar-refractivity contribution in [3.05, 3.63) is 99.3 Å². The molecule has 0 spiro atoms. The van der Waals surface area contributed by atoms with Gasteiger partial charge in [-0.25, -0.2) is 9.87 Å². The zero-order valence-electron chi connectivity index (χ0n) is 15.3. The molecule has 0 radical (unpaired) electrons. The van der Waals surface area contributed by atoms with E-state index in [4.69, 9.17) is 10.1 Å². The fourth-order valence-electron chi connectivity index (χ4n) is 2.65. The van der Waals surface area contributed by atoms with Crippen LogP contribution >= 0.6 is 15.9 Å². The minimum Gasteiger partial charge on any atom is -0.380 e. The molecule has 0 aliphatic heterocycles. The molecule has 0 saturated carbocycles. The second kappa shape index (κ2) is 9.82. The third kappa shape index (κ3) is 5.41. The lowest BCUT2D eigenvalue weighted by molar-refractivity contribution is 0.0232. The van der Waals surface area contributed by atoms with Crippen molar-refractivity contribution in [1.29, 1.82) is 5.26 Å². The third-order valence-corrected chi connectivity index (χ3v) is 4.93. The summed E-state index contributed by atoms with van der Waals surface area (Å²) in [6, 6.07) is 20.7. The Balaban J connectivity index is 1.63. The second-order valence-electron chi connectivity index (χ2n) is 6.14. The van der Waals surface area contributed by atoms with Crippen molar-refractivity contribution in [1.82, 2.24) is 5.48 Å². The summed E-state index contributed by atoms with van der Waals surface area (Å²) >= 11 is 3.43. The molecule has 3 aromatic carbocycles. The molecule has 0 aliphatic carbocycles. The molecular formula is C22H17BrFN3O2.